The Kier molecular flexibility index (Phi) is 13.7. The Morgan fingerprint density at radius 2 is 1.16 bits per heavy atom. The monoisotopic (exact) mass is 858 g/mol. The Bertz CT molecular complexity index is 2490. The summed E-state index contributed by atoms with van der Waals surface area (Å²) in [5.74, 6) is 0.336. The van der Waals surface area contributed by atoms with E-state index in [1.807, 2.05) is 58.7 Å². The van der Waals surface area contributed by atoms with Gasteiger partial charge in [0.25, 0.3) is 11.8 Å². The van der Waals surface area contributed by atoms with Crippen LogP contribution in [0.2, 0.25) is 15.2 Å². The lowest BCUT2D eigenvalue weighted by molar-refractivity contribution is 0.0942. The van der Waals surface area contributed by atoms with Gasteiger partial charge in [-0.15, -0.1) is 0 Å². The predicted molar refractivity (Wildman–Crippen MR) is 228 cm³/mol. The van der Waals surface area contributed by atoms with Crippen molar-refractivity contribution in [2.24, 2.45) is 0 Å². The molecule has 0 bridgehead atoms. The molecule has 0 radical (unpaired) electrons. The van der Waals surface area contributed by atoms with Crippen molar-refractivity contribution < 1.29 is 9.59 Å². The van der Waals surface area contributed by atoms with Crippen LogP contribution in [0.5, 0.6) is 0 Å². The quantitative estimate of drug-likeness (QED) is 0.100. The molecular formula is C40H37Cl3N10O2S2. The molecular weight excluding hydrogens is 823 g/mol. The molecule has 292 valence electrons. The molecule has 8 rings (SSSR count). The van der Waals surface area contributed by atoms with E-state index in [9.17, 15) is 9.59 Å². The van der Waals surface area contributed by atoms with Gasteiger partial charge in [-0.05, 0) is 74.6 Å². The number of nitrogens with one attached hydrogen (secondary N) is 1. The Labute approximate surface area is 354 Å². The first kappa shape index (κ1) is 41.9. The summed E-state index contributed by atoms with van der Waals surface area (Å²) in [6.45, 7) is 9.18. The predicted octanol–water partition coefficient (Wildman–Crippen LogP) is 8.68. The number of rotatable bonds is 5. The summed E-state index contributed by atoms with van der Waals surface area (Å²) in [7, 11) is 0. The van der Waals surface area contributed by atoms with Gasteiger partial charge in [-0.2, -0.15) is 0 Å². The number of nitrogens with zero attached hydrogens (tertiary/aromatic N) is 9. The van der Waals surface area contributed by atoms with Crippen LogP contribution < -0.4 is 10.2 Å². The third-order valence-corrected chi connectivity index (χ3v) is 10.8. The lowest BCUT2D eigenvalue weighted by atomic mass is 10.0. The second kappa shape index (κ2) is 18.7. The molecule has 6 aromatic rings. The van der Waals surface area contributed by atoms with Crippen molar-refractivity contribution in [2.75, 3.05) is 30.5 Å². The molecule has 12 nitrogen and oxygen atoms in total. The smallest absolute Gasteiger partial charge is 0.262 e. The number of aromatic nitrogens is 8. The summed E-state index contributed by atoms with van der Waals surface area (Å²) >= 11 is 21.3. The summed E-state index contributed by atoms with van der Waals surface area (Å²) in [6, 6.07) is 7.68. The number of carbonyl (C=O) groups is 2. The van der Waals surface area contributed by atoms with Crippen LogP contribution in [0.1, 0.15) is 54.4 Å². The first-order valence-electron chi connectivity index (χ1n) is 17.6. The second-order valence-electron chi connectivity index (χ2n) is 13.0. The minimum Gasteiger partial charge on any atom is -0.352 e. The number of halogens is 3. The highest BCUT2D eigenvalue weighted by molar-refractivity contribution is 7.98. The second-order valence-corrected chi connectivity index (χ2v) is 15.8. The first-order chi connectivity index (χ1) is 27.4. The van der Waals surface area contributed by atoms with Gasteiger partial charge in [0.15, 0.2) is 10.3 Å². The standard InChI is InChI=1S/C20H18ClN5OS.C12H10Cl2N2.C8H9N3OS/c1-11-6-12(2)18(23-8-11)13-7-17(22-10-15(13)21)26-5-4-16-14(19(26)27)9-24-20(25-16)28-3;1-7-3-8(2)12(16-5-7)9-4-11(14)15-6-10(9)13;1-13-8-10-4-5-6(11-8)2-3-9-7(5)12/h6-10H,4-5H2,1-3H3;3-6H,1-2H3;4H,2-3H2,1H3,(H,9,12). The van der Waals surface area contributed by atoms with Gasteiger partial charge in [0.2, 0.25) is 0 Å². The van der Waals surface area contributed by atoms with Gasteiger partial charge in [0.05, 0.1) is 43.9 Å². The van der Waals surface area contributed by atoms with Crippen molar-refractivity contribution >= 4 is 76.0 Å². The molecule has 0 saturated carbocycles. The maximum absolute atomic E-state index is 13.0. The number of hydrogen-bond acceptors (Lipinski definition) is 12. The fraction of sp³-hybridized carbons (Fsp3) is 0.250. The molecule has 1 N–H and O–H groups in total. The number of anilines is 1. The van der Waals surface area contributed by atoms with E-state index in [-0.39, 0.29) is 11.8 Å². The van der Waals surface area contributed by atoms with Crippen LogP contribution in [0.15, 0.2) is 71.8 Å². The molecule has 0 fully saturated rings. The summed E-state index contributed by atoms with van der Waals surface area (Å²) in [5, 5.41) is 5.63. The summed E-state index contributed by atoms with van der Waals surface area (Å²) in [4.78, 5) is 60.2. The highest BCUT2D eigenvalue weighted by atomic mass is 35.5. The van der Waals surface area contributed by atoms with Gasteiger partial charge in [0, 0.05) is 74.2 Å². The maximum Gasteiger partial charge on any atom is 0.262 e. The molecule has 17 heteroatoms. The average molecular weight is 860 g/mol. The van der Waals surface area contributed by atoms with Crippen LogP contribution in [0.3, 0.4) is 0 Å². The number of hydrogen-bond donors (Lipinski definition) is 1. The zero-order valence-electron chi connectivity index (χ0n) is 31.9. The Hall–Kier alpha value is -4.73. The third-order valence-electron chi connectivity index (χ3n) is 8.88. The van der Waals surface area contributed by atoms with Gasteiger partial charge in [-0.1, -0.05) is 70.5 Å². The van der Waals surface area contributed by atoms with Crippen molar-refractivity contribution in [3.63, 3.8) is 0 Å². The molecule has 0 saturated heterocycles. The Morgan fingerprint density at radius 1 is 0.614 bits per heavy atom. The van der Waals surface area contributed by atoms with Crippen LogP contribution in [-0.4, -0.2) is 77.3 Å². The molecule has 2 aliphatic rings. The normalized spacial score (nSPS) is 13.0. The zero-order valence-corrected chi connectivity index (χ0v) is 35.8. The number of amides is 2. The third kappa shape index (κ3) is 9.87. The maximum atomic E-state index is 13.0. The van der Waals surface area contributed by atoms with E-state index in [0.717, 1.165) is 67.7 Å². The van der Waals surface area contributed by atoms with Crippen LogP contribution >= 0.6 is 58.3 Å². The number of fused-ring (bicyclic) bond motifs is 2. The van der Waals surface area contributed by atoms with Crippen LogP contribution in [0.4, 0.5) is 5.82 Å². The van der Waals surface area contributed by atoms with Crippen LogP contribution in [0, 0.1) is 27.7 Å². The molecule has 0 aliphatic carbocycles. The van der Waals surface area contributed by atoms with E-state index in [0.29, 0.717) is 56.8 Å². The molecule has 0 atom stereocenters. The summed E-state index contributed by atoms with van der Waals surface area (Å²) < 4.78 is 0. The molecule has 0 aromatic carbocycles. The molecule has 0 spiro atoms. The van der Waals surface area contributed by atoms with Gasteiger partial charge in [-0.25, -0.2) is 29.9 Å². The molecule has 0 unspecified atom stereocenters. The highest BCUT2D eigenvalue weighted by Gasteiger charge is 2.29. The number of aryl methyl sites for hydroxylation is 4. The van der Waals surface area contributed by atoms with Gasteiger partial charge < -0.3 is 5.32 Å². The van der Waals surface area contributed by atoms with Crippen molar-refractivity contribution in [3.05, 3.63) is 121 Å². The highest BCUT2D eigenvalue weighted by Crippen LogP contribution is 2.33. The average Bonchev–Trinajstić information content (AvgIpc) is 3.20. The fourth-order valence-electron chi connectivity index (χ4n) is 6.16. The zero-order chi connectivity index (χ0) is 40.8. The Morgan fingerprint density at radius 3 is 1.74 bits per heavy atom. The topological polar surface area (TPSA) is 153 Å². The van der Waals surface area contributed by atoms with Gasteiger partial charge >= 0.3 is 0 Å². The lowest BCUT2D eigenvalue weighted by Gasteiger charge is -2.27. The van der Waals surface area contributed by atoms with E-state index in [1.54, 1.807) is 35.8 Å². The summed E-state index contributed by atoms with van der Waals surface area (Å²) in [6.07, 6.45) is 15.2. The molecule has 57 heavy (non-hydrogen) atoms. The van der Waals surface area contributed by atoms with Crippen molar-refractivity contribution in [1.29, 1.82) is 0 Å². The van der Waals surface area contributed by atoms with Crippen molar-refractivity contribution in [1.82, 2.24) is 45.2 Å². The van der Waals surface area contributed by atoms with E-state index < -0.39 is 0 Å². The minimum absolute atomic E-state index is 0.0612. The number of carbonyl (C=O) groups excluding carboxylic acids is 2. The lowest BCUT2D eigenvalue weighted by Crippen LogP contribution is -2.38. The van der Waals surface area contributed by atoms with Crippen LogP contribution in [-0.2, 0) is 12.8 Å². The van der Waals surface area contributed by atoms with Gasteiger partial charge in [-0.3, -0.25) is 24.5 Å². The van der Waals surface area contributed by atoms with E-state index in [1.165, 1.54) is 23.5 Å². The first-order valence-corrected chi connectivity index (χ1v) is 21.2. The Balaban J connectivity index is 0.000000160. The number of pyridine rings is 4. The van der Waals surface area contributed by atoms with Crippen molar-refractivity contribution in [2.45, 2.75) is 50.8 Å². The SMILES string of the molecule is CSc1ncc2c(n1)CCN(c1cc(-c3ncc(C)cc3C)c(Cl)cn1)C2=O.CSc1ncc2c(n1)CCNC2=O.Cc1cnc(-c2cc(Cl)ncc2Cl)c(C)c1. The molecule has 8 heterocycles. The van der Waals surface area contributed by atoms with Crippen LogP contribution in [0.25, 0.3) is 22.5 Å². The van der Waals surface area contributed by atoms with E-state index in [2.05, 4.69) is 57.3 Å². The van der Waals surface area contributed by atoms with E-state index >= 15 is 0 Å². The minimum atomic E-state index is -0.150. The largest absolute Gasteiger partial charge is 0.352 e. The molecule has 2 amide bonds. The van der Waals surface area contributed by atoms with Gasteiger partial charge in [0.1, 0.15) is 11.0 Å². The fourth-order valence-corrected chi connectivity index (χ4v) is 7.43. The summed E-state index contributed by atoms with van der Waals surface area (Å²) in [5.41, 5.74) is 10.3. The van der Waals surface area contributed by atoms with Crippen molar-refractivity contribution in [3.8, 4) is 22.5 Å². The van der Waals surface area contributed by atoms with E-state index in [4.69, 9.17) is 34.8 Å². The molecule has 2 aliphatic heterocycles. The molecule has 6 aromatic heterocycles. The number of thioether (sulfide) groups is 2.